The molecule has 0 fully saturated rings. The molecule has 142 valence electrons. The normalized spacial score (nSPS) is 11.0. The SMILES string of the molecule is CCc1cccc(NC(=O)CSc2nc(-c3ccco3)nc3cc(=O)[nH]n23)c1. The van der Waals surface area contributed by atoms with Crippen molar-refractivity contribution in [1.82, 2.24) is 19.6 Å². The van der Waals surface area contributed by atoms with E-state index in [0.717, 1.165) is 17.7 Å². The van der Waals surface area contributed by atoms with Crippen molar-refractivity contribution in [3.8, 4) is 11.6 Å². The maximum absolute atomic E-state index is 12.4. The molecule has 0 saturated carbocycles. The van der Waals surface area contributed by atoms with Gasteiger partial charge >= 0.3 is 0 Å². The van der Waals surface area contributed by atoms with Crippen LogP contribution in [0.25, 0.3) is 17.2 Å². The van der Waals surface area contributed by atoms with Crippen molar-refractivity contribution in [3.05, 3.63) is 64.6 Å². The number of aryl methyl sites for hydroxylation is 1. The Kier molecular flexibility index (Phi) is 4.98. The highest BCUT2D eigenvalue weighted by Gasteiger charge is 2.14. The maximum atomic E-state index is 12.4. The number of furan rings is 1. The molecule has 3 heterocycles. The van der Waals surface area contributed by atoms with Gasteiger partial charge in [-0.05, 0) is 36.2 Å². The van der Waals surface area contributed by atoms with Gasteiger partial charge < -0.3 is 9.73 Å². The molecule has 1 amide bonds. The minimum absolute atomic E-state index is 0.125. The van der Waals surface area contributed by atoms with E-state index in [2.05, 4.69) is 27.3 Å². The summed E-state index contributed by atoms with van der Waals surface area (Å²) in [4.78, 5) is 32.8. The fourth-order valence-corrected chi connectivity index (χ4v) is 3.44. The summed E-state index contributed by atoms with van der Waals surface area (Å²) in [6, 6.07) is 12.6. The molecule has 0 aliphatic heterocycles. The van der Waals surface area contributed by atoms with Gasteiger partial charge in [-0.25, -0.2) is 9.50 Å². The minimum Gasteiger partial charge on any atom is -0.461 e. The molecule has 4 aromatic rings. The number of hydrogen-bond acceptors (Lipinski definition) is 6. The summed E-state index contributed by atoms with van der Waals surface area (Å²) in [6.07, 6.45) is 2.42. The van der Waals surface area contributed by atoms with Gasteiger partial charge in [0.2, 0.25) is 5.91 Å². The smallest absolute Gasteiger partial charge is 0.266 e. The van der Waals surface area contributed by atoms with Crippen molar-refractivity contribution in [2.75, 3.05) is 11.1 Å². The highest BCUT2D eigenvalue weighted by molar-refractivity contribution is 7.99. The van der Waals surface area contributed by atoms with E-state index in [-0.39, 0.29) is 17.2 Å². The van der Waals surface area contributed by atoms with Crippen LogP contribution in [0.2, 0.25) is 0 Å². The van der Waals surface area contributed by atoms with E-state index in [9.17, 15) is 9.59 Å². The fourth-order valence-electron chi connectivity index (χ4n) is 2.69. The number of H-pyrrole nitrogens is 1. The van der Waals surface area contributed by atoms with Crippen LogP contribution in [0, 0.1) is 0 Å². The number of hydrogen-bond donors (Lipinski definition) is 2. The van der Waals surface area contributed by atoms with E-state index >= 15 is 0 Å². The molecule has 0 bridgehead atoms. The number of anilines is 1. The average Bonchev–Trinajstić information content (AvgIpc) is 3.35. The molecule has 2 N–H and O–H groups in total. The number of benzene rings is 1. The van der Waals surface area contributed by atoms with E-state index in [4.69, 9.17) is 4.42 Å². The zero-order valence-electron chi connectivity index (χ0n) is 15.0. The lowest BCUT2D eigenvalue weighted by Crippen LogP contribution is -2.15. The van der Waals surface area contributed by atoms with Crippen LogP contribution in [-0.2, 0) is 11.2 Å². The highest BCUT2D eigenvalue weighted by atomic mass is 32.2. The number of carbonyl (C=O) groups excluding carboxylic acids is 1. The summed E-state index contributed by atoms with van der Waals surface area (Å²) in [6.45, 7) is 2.06. The summed E-state index contributed by atoms with van der Waals surface area (Å²) in [5.41, 5.74) is 2.01. The van der Waals surface area contributed by atoms with Crippen molar-refractivity contribution < 1.29 is 9.21 Å². The number of nitrogens with zero attached hydrogens (tertiary/aromatic N) is 3. The summed E-state index contributed by atoms with van der Waals surface area (Å²) >= 11 is 1.20. The first-order valence-electron chi connectivity index (χ1n) is 8.67. The molecule has 0 atom stereocenters. The molecule has 0 aliphatic carbocycles. The number of fused-ring (bicyclic) bond motifs is 1. The second-order valence-electron chi connectivity index (χ2n) is 6.01. The van der Waals surface area contributed by atoms with E-state index in [1.54, 1.807) is 12.1 Å². The van der Waals surface area contributed by atoms with Gasteiger partial charge in [-0.2, -0.15) is 4.98 Å². The molecule has 4 rings (SSSR count). The lowest BCUT2D eigenvalue weighted by Gasteiger charge is -2.08. The molecule has 0 aliphatic rings. The van der Waals surface area contributed by atoms with Gasteiger partial charge in [0.05, 0.1) is 12.0 Å². The van der Waals surface area contributed by atoms with Crippen molar-refractivity contribution in [2.24, 2.45) is 0 Å². The van der Waals surface area contributed by atoms with Gasteiger partial charge in [0.1, 0.15) is 0 Å². The monoisotopic (exact) mass is 395 g/mol. The largest absolute Gasteiger partial charge is 0.461 e. The Morgan fingerprint density at radius 1 is 1.25 bits per heavy atom. The first-order valence-corrected chi connectivity index (χ1v) is 9.66. The number of carbonyl (C=O) groups is 1. The minimum atomic E-state index is -0.298. The van der Waals surface area contributed by atoms with Crippen LogP contribution in [0.1, 0.15) is 12.5 Å². The summed E-state index contributed by atoms with van der Waals surface area (Å²) in [7, 11) is 0. The van der Waals surface area contributed by atoms with Crippen molar-refractivity contribution in [1.29, 1.82) is 0 Å². The van der Waals surface area contributed by atoms with Gasteiger partial charge in [0, 0.05) is 11.8 Å². The fraction of sp³-hybridized carbons (Fsp3) is 0.158. The molecule has 9 heteroatoms. The average molecular weight is 395 g/mol. The van der Waals surface area contributed by atoms with Crippen molar-refractivity contribution >= 4 is 29.0 Å². The number of aromatic nitrogens is 4. The molecule has 0 spiro atoms. The van der Waals surface area contributed by atoms with Gasteiger partial charge in [0.25, 0.3) is 5.56 Å². The van der Waals surface area contributed by atoms with Crippen LogP contribution in [0.4, 0.5) is 5.69 Å². The molecular weight excluding hydrogens is 378 g/mol. The Morgan fingerprint density at radius 2 is 2.14 bits per heavy atom. The van der Waals surface area contributed by atoms with Crippen LogP contribution in [0.3, 0.4) is 0 Å². The Bertz CT molecular complexity index is 1180. The van der Waals surface area contributed by atoms with E-state index in [1.165, 1.54) is 28.6 Å². The van der Waals surface area contributed by atoms with Crippen LogP contribution in [-0.4, -0.2) is 31.2 Å². The van der Waals surface area contributed by atoms with Crippen LogP contribution in [0.5, 0.6) is 0 Å². The number of aromatic amines is 1. The van der Waals surface area contributed by atoms with Gasteiger partial charge in [0.15, 0.2) is 22.4 Å². The van der Waals surface area contributed by atoms with Gasteiger partial charge in [-0.3, -0.25) is 14.7 Å². The third-order valence-corrected chi connectivity index (χ3v) is 4.96. The van der Waals surface area contributed by atoms with Gasteiger partial charge in [-0.15, -0.1) is 0 Å². The standard InChI is InChI=1S/C19H17N5O3S/c1-2-12-5-3-6-13(9-12)20-17(26)11-28-19-22-18(14-7-4-8-27-14)21-15-10-16(25)23-24(15)19/h3-10H,2,11H2,1H3,(H,20,26)(H,23,25). The third kappa shape index (κ3) is 3.84. The van der Waals surface area contributed by atoms with Crippen LogP contribution in [0.15, 0.2) is 63.1 Å². The second kappa shape index (κ2) is 7.73. The molecule has 0 saturated heterocycles. The zero-order chi connectivity index (χ0) is 19.5. The van der Waals surface area contributed by atoms with E-state index < -0.39 is 0 Å². The number of rotatable bonds is 6. The van der Waals surface area contributed by atoms with Crippen molar-refractivity contribution in [2.45, 2.75) is 18.5 Å². The highest BCUT2D eigenvalue weighted by Crippen LogP contribution is 2.22. The van der Waals surface area contributed by atoms with E-state index in [1.807, 2.05) is 24.3 Å². The predicted octanol–water partition coefficient (Wildman–Crippen LogP) is 2.97. The number of nitrogens with one attached hydrogen (secondary N) is 2. The Labute approximate surface area is 164 Å². The topological polar surface area (TPSA) is 105 Å². The molecule has 3 aromatic heterocycles. The molecular formula is C19H17N5O3S. The van der Waals surface area contributed by atoms with E-state index in [0.29, 0.717) is 22.4 Å². The van der Waals surface area contributed by atoms with Crippen molar-refractivity contribution in [3.63, 3.8) is 0 Å². The molecule has 0 unspecified atom stereocenters. The maximum Gasteiger partial charge on any atom is 0.266 e. The Hall–Kier alpha value is -3.33. The quantitative estimate of drug-likeness (QED) is 0.486. The third-order valence-electron chi connectivity index (χ3n) is 4.02. The van der Waals surface area contributed by atoms with Gasteiger partial charge in [-0.1, -0.05) is 30.8 Å². The van der Waals surface area contributed by atoms with Crippen LogP contribution >= 0.6 is 11.8 Å². The number of thioether (sulfide) groups is 1. The Morgan fingerprint density at radius 3 is 2.93 bits per heavy atom. The van der Waals surface area contributed by atoms with Crippen LogP contribution < -0.4 is 10.9 Å². The zero-order valence-corrected chi connectivity index (χ0v) is 15.8. The lowest BCUT2D eigenvalue weighted by molar-refractivity contribution is -0.113. The first-order chi connectivity index (χ1) is 13.6. The summed E-state index contributed by atoms with van der Waals surface area (Å²) in [5, 5.41) is 5.96. The Balaban J connectivity index is 1.55. The lowest BCUT2D eigenvalue weighted by atomic mass is 10.1. The summed E-state index contributed by atoms with van der Waals surface area (Å²) < 4.78 is 6.81. The summed E-state index contributed by atoms with van der Waals surface area (Å²) in [5.74, 6) is 0.792. The molecule has 8 nitrogen and oxygen atoms in total. The molecule has 1 aromatic carbocycles. The molecule has 0 radical (unpaired) electrons. The predicted molar refractivity (Wildman–Crippen MR) is 106 cm³/mol. The molecule has 28 heavy (non-hydrogen) atoms. The first kappa shape index (κ1) is 18.1. The second-order valence-corrected chi connectivity index (χ2v) is 6.95. The number of amides is 1.